The molecule has 0 spiro atoms. The summed E-state index contributed by atoms with van der Waals surface area (Å²) in [5.41, 5.74) is 3.67. The van der Waals surface area contributed by atoms with E-state index in [-0.39, 0.29) is 5.56 Å². The molecule has 1 rings (SSSR count). The number of benzene rings is 1. The predicted molar refractivity (Wildman–Crippen MR) is 68.4 cm³/mol. The van der Waals surface area contributed by atoms with E-state index in [2.05, 4.69) is 0 Å². The van der Waals surface area contributed by atoms with Crippen LogP contribution < -0.4 is 5.73 Å². The van der Waals surface area contributed by atoms with Crippen molar-refractivity contribution in [3.8, 4) is 0 Å². The maximum Gasteiger partial charge on any atom is 0.301 e. The summed E-state index contributed by atoms with van der Waals surface area (Å²) >= 11 is 0. The van der Waals surface area contributed by atoms with Crippen molar-refractivity contribution >= 4 is 0 Å². The summed E-state index contributed by atoms with van der Waals surface area (Å²) in [6.45, 7) is 5.93. The number of nitrogens with two attached hydrogens (primary N) is 1. The van der Waals surface area contributed by atoms with Gasteiger partial charge in [0.1, 0.15) is 11.9 Å². The molecular weight excluding hydrogens is 255 g/mol. The first-order valence-corrected chi connectivity index (χ1v) is 6.10. The van der Waals surface area contributed by atoms with Crippen molar-refractivity contribution in [2.45, 2.75) is 45.8 Å². The average Bonchev–Trinajstić information content (AvgIpc) is 2.26. The van der Waals surface area contributed by atoms with Gasteiger partial charge in [-0.05, 0) is 18.4 Å². The lowest BCUT2D eigenvalue weighted by Gasteiger charge is -2.33. The molecule has 2 atom stereocenters. The molecule has 108 valence electrons. The van der Waals surface area contributed by atoms with Gasteiger partial charge in [-0.1, -0.05) is 32.9 Å². The lowest BCUT2D eigenvalue weighted by Crippen LogP contribution is -2.41. The van der Waals surface area contributed by atoms with Gasteiger partial charge in [0, 0.05) is 11.6 Å². The number of hydrogen-bond donors (Lipinski definition) is 2. The number of aliphatic hydroxyl groups excluding tert-OH is 1. The first-order chi connectivity index (χ1) is 8.49. The van der Waals surface area contributed by atoms with Crippen LogP contribution in [0, 0.1) is 11.2 Å². The van der Waals surface area contributed by atoms with Crippen LogP contribution in [0.25, 0.3) is 0 Å². The van der Waals surface area contributed by atoms with Gasteiger partial charge in [-0.25, -0.2) is 4.39 Å². The Morgan fingerprint density at radius 1 is 1.21 bits per heavy atom. The van der Waals surface area contributed by atoms with Crippen LogP contribution in [0.15, 0.2) is 18.2 Å². The highest BCUT2D eigenvalue weighted by molar-refractivity contribution is 5.32. The third kappa shape index (κ3) is 3.09. The van der Waals surface area contributed by atoms with Crippen molar-refractivity contribution in [3.05, 3.63) is 35.1 Å². The maximum atomic E-state index is 14.2. The van der Waals surface area contributed by atoms with Crippen LogP contribution in [0.4, 0.5) is 13.2 Å². The molecule has 0 aliphatic carbocycles. The Morgan fingerprint density at radius 3 is 2.16 bits per heavy atom. The van der Waals surface area contributed by atoms with Gasteiger partial charge in [-0.2, -0.15) is 8.78 Å². The lowest BCUT2D eigenvalue weighted by molar-refractivity contribution is -0.157. The lowest BCUT2D eigenvalue weighted by atomic mass is 9.82. The van der Waals surface area contributed by atoms with Gasteiger partial charge in [0.15, 0.2) is 0 Å². The van der Waals surface area contributed by atoms with Crippen molar-refractivity contribution in [3.63, 3.8) is 0 Å². The average molecular weight is 275 g/mol. The van der Waals surface area contributed by atoms with Crippen molar-refractivity contribution in [1.29, 1.82) is 0 Å². The Balaban J connectivity index is 3.33. The number of hydrogen-bond acceptors (Lipinski definition) is 2. The maximum absolute atomic E-state index is 14.2. The second-order valence-corrected chi connectivity index (χ2v) is 5.89. The Kier molecular flexibility index (Phi) is 4.32. The predicted octanol–water partition coefficient (Wildman–Crippen LogP) is 3.34. The smallest absolute Gasteiger partial charge is 0.301 e. The fourth-order valence-corrected chi connectivity index (χ4v) is 1.85. The minimum absolute atomic E-state index is 0.0123. The molecule has 2 unspecified atom stereocenters. The first-order valence-electron chi connectivity index (χ1n) is 6.10. The Labute approximate surface area is 111 Å². The molecular formula is C14H20F3NO. The minimum atomic E-state index is -3.67. The summed E-state index contributed by atoms with van der Waals surface area (Å²) in [6, 6.07) is 2.97. The van der Waals surface area contributed by atoms with Crippen molar-refractivity contribution in [2.75, 3.05) is 0 Å². The van der Waals surface area contributed by atoms with E-state index in [1.807, 2.05) is 0 Å². The molecule has 1 aromatic carbocycles. The first kappa shape index (κ1) is 16.0. The fraction of sp³-hybridized carbons (Fsp3) is 0.571. The number of rotatable bonds is 3. The molecule has 0 aromatic heterocycles. The van der Waals surface area contributed by atoms with E-state index < -0.39 is 34.9 Å². The molecule has 5 heteroatoms. The fourth-order valence-electron chi connectivity index (χ4n) is 1.85. The number of halogens is 3. The highest BCUT2D eigenvalue weighted by Crippen LogP contribution is 2.41. The summed E-state index contributed by atoms with van der Waals surface area (Å²) in [5.74, 6) is -4.72. The number of alkyl halides is 2. The Hall–Kier alpha value is -1.07. The van der Waals surface area contributed by atoms with Gasteiger partial charge < -0.3 is 10.8 Å². The molecule has 0 amide bonds. The molecule has 0 bridgehead atoms. The van der Waals surface area contributed by atoms with E-state index in [4.69, 9.17) is 5.73 Å². The van der Waals surface area contributed by atoms with Gasteiger partial charge in [-0.3, -0.25) is 0 Å². The van der Waals surface area contributed by atoms with E-state index in [9.17, 15) is 18.3 Å². The van der Waals surface area contributed by atoms with Crippen LogP contribution >= 0.6 is 0 Å². The van der Waals surface area contributed by atoms with Crippen molar-refractivity contribution in [2.24, 2.45) is 11.1 Å². The zero-order valence-corrected chi connectivity index (χ0v) is 11.5. The van der Waals surface area contributed by atoms with E-state index in [0.717, 1.165) is 6.07 Å². The zero-order chi connectivity index (χ0) is 15.0. The summed E-state index contributed by atoms with van der Waals surface area (Å²) < 4.78 is 42.5. The van der Waals surface area contributed by atoms with Crippen LogP contribution in [0.3, 0.4) is 0 Å². The van der Waals surface area contributed by atoms with E-state index in [0.29, 0.717) is 0 Å². The SMILES string of the molecule is CC(N)c1cccc(C(F)(F)C(O)C(C)(C)C)c1F. The largest absolute Gasteiger partial charge is 0.386 e. The summed E-state index contributed by atoms with van der Waals surface area (Å²) in [4.78, 5) is 0. The Morgan fingerprint density at radius 2 is 1.74 bits per heavy atom. The highest BCUT2D eigenvalue weighted by atomic mass is 19.3. The quantitative estimate of drug-likeness (QED) is 0.888. The van der Waals surface area contributed by atoms with Crippen molar-refractivity contribution < 1.29 is 18.3 Å². The van der Waals surface area contributed by atoms with E-state index >= 15 is 0 Å². The van der Waals surface area contributed by atoms with E-state index in [1.165, 1.54) is 39.8 Å². The molecule has 0 fully saturated rings. The van der Waals surface area contributed by atoms with Gasteiger partial charge in [0.2, 0.25) is 0 Å². The third-order valence-electron chi connectivity index (χ3n) is 3.04. The van der Waals surface area contributed by atoms with Crippen LogP contribution in [-0.4, -0.2) is 11.2 Å². The highest BCUT2D eigenvalue weighted by Gasteiger charge is 2.48. The second kappa shape index (κ2) is 5.13. The monoisotopic (exact) mass is 275 g/mol. The molecule has 19 heavy (non-hydrogen) atoms. The molecule has 0 aliphatic rings. The summed E-state index contributed by atoms with van der Waals surface area (Å²) in [5, 5.41) is 9.77. The summed E-state index contributed by atoms with van der Waals surface area (Å²) in [7, 11) is 0. The van der Waals surface area contributed by atoms with Gasteiger partial charge in [0.05, 0.1) is 5.56 Å². The molecule has 0 saturated carbocycles. The summed E-state index contributed by atoms with van der Waals surface area (Å²) in [6.07, 6.45) is -1.99. The van der Waals surface area contributed by atoms with Crippen molar-refractivity contribution in [1.82, 2.24) is 0 Å². The second-order valence-electron chi connectivity index (χ2n) is 5.89. The molecule has 2 nitrogen and oxygen atoms in total. The molecule has 1 aromatic rings. The normalized spacial score (nSPS) is 16.3. The number of aliphatic hydroxyl groups is 1. The van der Waals surface area contributed by atoms with Crippen LogP contribution in [0.1, 0.15) is 44.9 Å². The van der Waals surface area contributed by atoms with Crippen LogP contribution in [-0.2, 0) is 5.92 Å². The standard InChI is InChI=1S/C14H20F3NO/c1-8(18)9-6-5-7-10(11(9)15)14(16,17)12(19)13(2,3)4/h5-8,12,19H,18H2,1-4H3. The molecule has 0 radical (unpaired) electrons. The van der Waals surface area contributed by atoms with Crippen LogP contribution in [0.5, 0.6) is 0 Å². The van der Waals surface area contributed by atoms with Gasteiger partial charge in [0.25, 0.3) is 0 Å². The topological polar surface area (TPSA) is 46.2 Å². The third-order valence-corrected chi connectivity index (χ3v) is 3.04. The molecule has 0 heterocycles. The van der Waals surface area contributed by atoms with Crippen LogP contribution in [0.2, 0.25) is 0 Å². The minimum Gasteiger partial charge on any atom is -0.386 e. The zero-order valence-electron chi connectivity index (χ0n) is 11.5. The van der Waals surface area contributed by atoms with Gasteiger partial charge >= 0.3 is 5.92 Å². The Bertz CT molecular complexity index is 452. The molecule has 0 aliphatic heterocycles. The molecule has 0 saturated heterocycles. The van der Waals surface area contributed by atoms with Gasteiger partial charge in [-0.15, -0.1) is 0 Å². The molecule has 3 N–H and O–H groups in total. The van der Waals surface area contributed by atoms with E-state index in [1.54, 1.807) is 0 Å².